The second-order valence-corrected chi connectivity index (χ2v) is 13.7. The molecule has 0 aromatic rings. The van der Waals surface area contributed by atoms with Crippen molar-refractivity contribution in [1.29, 1.82) is 0 Å². The van der Waals surface area contributed by atoms with Crippen molar-refractivity contribution in [3.8, 4) is 0 Å². The normalized spacial score (nSPS) is 59.6. The van der Waals surface area contributed by atoms with E-state index in [2.05, 4.69) is 47.6 Å². The average molecular weight is 415 g/mol. The Bertz CT molecular complexity index is 692. The van der Waals surface area contributed by atoms with E-state index in [0.29, 0.717) is 21.5 Å². The van der Waals surface area contributed by atoms with Crippen LogP contribution in [0.15, 0.2) is 11.6 Å². The molecular formula is C28H46S. The summed E-state index contributed by atoms with van der Waals surface area (Å²) in [6.45, 7) is 15.9. The van der Waals surface area contributed by atoms with Crippen LogP contribution in [0.25, 0.3) is 0 Å². The van der Waals surface area contributed by atoms with Gasteiger partial charge in [-0.1, -0.05) is 59.6 Å². The van der Waals surface area contributed by atoms with Crippen molar-refractivity contribution >= 4 is 12.6 Å². The van der Waals surface area contributed by atoms with Gasteiger partial charge in [0.05, 0.1) is 0 Å². The third-order valence-electron chi connectivity index (χ3n) is 12.5. The molecule has 0 bridgehead atoms. The van der Waals surface area contributed by atoms with Gasteiger partial charge in [0.1, 0.15) is 0 Å². The van der Waals surface area contributed by atoms with Crippen LogP contribution in [0.5, 0.6) is 0 Å². The zero-order chi connectivity index (χ0) is 20.8. The van der Waals surface area contributed by atoms with Crippen molar-refractivity contribution in [3.63, 3.8) is 0 Å². The topological polar surface area (TPSA) is 0 Å². The third-order valence-corrected chi connectivity index (χ3v) is 13.1. The van der Waals surface area contributed by atoms with E-state index in [4.69, 9.17) is 12.6 Å². The van der Waals surface area contributed by atoms with Crippen LogP contribution in [-0.4, -0.2) is 5.25 Å². The van der Waals surface area contributed by atoms with E-state index in [0.717, 1.165) is 41.4 Å². The lowest BCUT2D eigenvalue weighted by Crippen LogP contribution is -2.63. The predicted molar refractivity (Wildman–Crippen MR) is 128 cm³/mol. The molecule has 0 spiro atoms. The number of hydrogen-bond acceptors (Lipinski definition) is 1. The van der Waals surface area contributed by atoms with Crippen molar-refractivity contribution in [2.24, 2.45) is 57.7 Å². The highest BCUT2D eigenvalue weighted by atomic mass is 32.1. The van der Waals surface area contributed by atoms with Crippen LogP contribution in [0.1, 0.15) is 99.3 Å². The summed E-state index contributed by atoms with van der Waals surface area (Å²) >= 11 is 5.14. The lowest BCUT2D eigenvalue weighted by Gasteiger charge is -2.70. The molecule has 0 saturated heterocycles. The van der Waals surface area contributed by atoms with Gasteiger partial charge in [-0.15, -0.1) is 0 Å². The first-order valence-corrected chi connectivity index (χ1v) is 13.5. The SMILES string of the molecule is CC1CC[C@@H](S)C2CC[C@]3(C)C(CC=C4C5C(CC[C@@H](C)[C@@H]5C)CC[C@]43C)[C@@]12C. The van der Waals surface area contributed by atoms with Gasteiger partial charge >= 0.3 is 0 Å². The molecule has 29 heavy (non-hydrogen) atoms. The highest BCUT2D eigenvalue weighted by molar-refractivity contribution is 7.81. The van der Waals surface area contributed by atoms with Crippen molar-refractivity contribution < 1.29 is 0 Å². The molecule has 0 heterocycles. The van der Waals surface area contributed by atoms with Gasteiger partial charge in [-0.25, -0.2) is 0 Å². The van der Waals surface area contributed by atoms with Crippen molar-refractivity contribution in [1.82, 2.24) is 0 Å². The molecule has 4 saturated carbocycles. The molecule has 0 aliphatic heterocycles. The molecular weight excluding hydrogens is 368 g/mol. The second kappa shape index (κ2) is 6.79. The Morgan fingerprint density at radius 3 is 2.41 bits per heavy atom. The molecule has 164 valence electrons. The van der Waals surface area contributed by atoms with Gasteiger partial charge in [0.25, 0.3) is 0 Å². The van der Waals surface area contributed by atoms with E-state index in [-0.39, 0.29) is 0 Å². The molecule has 0 aromatic heterocycles. The van der Waals surface area contributed by atoms with Crippen LogP contribution in [-0.2, 0) is 0 Å². The van der Waals surface area contributed by atoms with Crippen LogP contribution in [0.4, 0.5) is 0 Å². The lowest BCUT2D eigenvalue weighted by molar-refractivity contribution is -0.165. The minimum atomic E-state index is 0.430. The molecule has 5 unspecified atom stereocenters. The minimum Gasteiger partial charge on any atom is -0.176 e. The number of thiol groups is 1. The zero-order valence-corrected chi connectivity index (χ0v) is 20.9. The summed E-state index contributed by atoms with van der Waals surface area (Å²) < 4.78 is 0. The third kappa shape index (κ3) is 2.58. The summed E-state index contributed by atoms with van der Waals surface area (Å²) in [5, 5.41) is 0.633. The Balaban J connectivity index is 1.59. The summed E-state index contributed by atoms with van der Waals surface area (Å²) in [5.41, 5.74) is 3.32. The summed E-state index contributed by atoms with van der Waals surface area (Å²) in [6, 6.07) is 0. The molecule has 0 N–H and O–H groups in total. The maximum absolute atomic E-state index is 5.14. The predicted octanol–water partition coefficient (Wildman–Crippen LogP) is 8.18. The van der Waals surface area contributed by atoms with Crippen molar-refractivity contribution in [3.05, 3.63) is 11.6 Å². The minimum absolute atomic E-state index is 0.430. The fourth-order valence-corrected chi connectivity index (χ4v) is 10.7. The smallest absolute Gasteiger partial charge is 0.00505 e. The largest absolute Gasteiger partial charge is 0.176 e. The molecule has 0 aromatic carbocycles. The zero-order valence-electron chi connectivity index (χ0n) is 20.0. The Labute approximate surface area is 186 Å². The van der Waals surface area contributed by atoms with E-state index < -0.39 is 0 Å². The number of allylic oxidation sites excluding steroid dienone is 2. The van der Waals surface area contributed by atoms with Gasteiger partial charge in [0.2, 0.25) is 0 Å². The van der Waals surface area contributed by atoms with Crippen molar-refractivity contribution in [2.75, 3.05) is 0 Å². The van der Waals surface area contributed by atoms with E-state index in [1.807, 2.05) is 5.57 Å². The summed E-state index contributed by atoms with van der Waals surface area (Å²) in [4.78, 5) is 0. The van der Waals surface area contributed by atoms with Crippen LogP contribution in [0.2, 0.25) is 0 Å². The van der Waals surface area contributed by atoms with Gasteiger partial charge < -0.3 is 0 Å². The summed E-state index contributed by atoms with van der Waals surface area (Å²) in [7, 11) is 0. The van der Waals surface area contributed by atoms with Gasteiger partial charge in [0.15, 0.2) is 0 Å². The Morgan fingerprint density at radius 2 is 1.66 bits per heavy atom. The average Bonchev–Trinajstić information content (AvgIpc) is 2.68. The lowest BCUT2D eigenvalue weighted by atomic mass is 9.35. The molecule has 11 atom stereocenters. The molecule has 0 nitrogen and oxygen atoms in total. The fraction of sp³-hybridized carbons (Fsp3) is 0.929. The van der Waals surface area contributed by atoms with E-state index >= 15 is 0 Å². The van der Waals surface area contributed by atoms with Crippen LogP contribution < -0.4 is 0 Å². The highest BCUT2D eigenvalue weighted by Crippen LogP contribution is 2.73. The molecule has 0 amide bonds. The van der Waals surface area contributed by atoms with Crippen LogP contribution in [0.3, 0.4) is 0 Å². The maximum atomic E-state index is 5.14. The molecule has 5 aliphatic rings. The van der Waals surface area contributed by atoms with E-state index in [9.17, 15) is 0 Å². The Hall–Kier alpha value is 0.0900. The molecule has 1 heteroatoms. The van der Waals surface area contributed by atoms with Crippen LogP contribution >= 0.6 is 12.6 Å². The van der Waals surface area contributed by atoms with Gasteiger partial charge in [-0.2, -0.15) is 12.6 Å². The summed E-state index contributed by atoms with van der Waals surface area (Å²) in [6.07, 6.45) is 15.7. The molecule has 5 aliphatic carbocycles. The van der Waals surface area contributed by atoms with Gasteiger partial charge in [-0.3, -0.25) is 0 Å². The summed E-state index contributed by atoms with van der Waals surface area (Å²) in [5.74, 6) is 6.16. The van der Waals surface area contributed by atoms with Gasteiger partial charge in [-0.05, 0) is 109 Å². The van der Waals surface area contributed by atoms with Crippen LogP contribution in [0, 0.1) is 57.7 Å². The number of hydrogen-bond donors (Lipinski definition) is 1. The monoisotopic (exact) mass is 414 g/mol. The fourth-order valence-electron chi connectivity index (χ4n) is 10.1. The highest BCUT2D eigenvalue weighted by Gasteiger charge is 2.66. The first-order chi connectivity index (χ1) is 13.6. The standard InChI is InChI=1S/C28H46S/c1-17-7-9-20-13-15-26(4)22(25(20)19(17)3)10-12-24-27(26,5)16-14-21-23(29)11-8-18(2)28(21,24)6/h10,17-21,23-25,29H,7-9,11-16H2,1-6H3/t17-,18?,19+,20?,21?,23-,24?,25?,26-,27-,28+/m1/s1. The first-order valence-electron chi connectivity index (χ1n) is 13.0. The van der Waals surface area contributed by atoms with E-state index in [1.54, 1.807) is 0 Å². The van der Waals surface area contributed by atoms with Gasteiger partial charge in [0, 0.05) is 5.25 Å². The second-order valence-electron chi connectivity index (χ2n) is 13.0. The maximum Gasteiger partial charge on any atom is 0.00505 e. The molecule has 4 fully saturated rings. The quantitative estimate of drug-likeness (QED) is 0.300. The van der Waals surface area contributed by atoms with E-state index in [1.165, 1.54) is 57.8 Å². The molecule has 5 rings (SSSR count). The Kier molecular flexibility index (Phi) is 4.91. The number of fused-ring (bicyclic) bond motifs is 7. The Morgan fingerprint density at radius 1 is 0.897 bits per heavy atom. The van der Waals surface area contributed by atoms with Crippen molar-refractivity contribution in [2.45, 2.75) is 105 Å². The number of rotatable bonds is 0. The first kappa shape index (κ1) is 21.0. The molecule has 0 radical (unpaired) electrons.